The van der Waals surface area contributed by atoms with Gasteiger partial charge in [0.15, 0.2) is 6.10 Å². The molecule has 2 N–H and O–H groups in total. The molecule has 13 nitrogen and oxygen atoms in total. The number of rotatable bonds is 9. The average Bonchev–Trinajstić information content (AvgIpc) is 3.62. The second-order valence-electron chi connectivity index (χ2n) is 14.2. The number of furan rings is 1. The van der Waals surface area contributed by atoms with Gasteiger partial charge >= 0.3 is 23.9 Å². The van der Waals surface area contributed by atoms with Gasteiger partial charge in [0.1, 0.15) is 36.1 Å². The van der Waals surface area contributed by atoms with Crippen molar-refractivity contribution in [3.05, 3.63) is 48.5 Å². The van der Waals surface area contributed by atoms with E-state index in [0.717, 1.165) is 0 Å². The van der Waals surface area contributed by atoms with Gasteiger partial charge in [-0.05, 0) is 36.5 Å². The van der Waals surface area contributed by atoms with E-state index >= 15 is 0 Å². The summed E-state index contributed by atoms with van der Waals surface area (Å²) >= 11 is 0. The van der Waals surface area contributed by atoms with Gasteiger partial charge in [0.2, 0.25) is 0 Å². The number of hydrogen-bond donors (Lipinski definition) is 2. The quantitative estimate of drug-likeness (QED) is 0.169. The van der Waals surface area contributed by atoms with Crippen LogP contribution in [0.15, 0.2) is 47.3 Å². The molecule has 0 radical (unpaired) electrons. The Morgan fingerprint density at radius 1 is 1.21 bits per heavy atom. The van der Waals surface area contributed by atoms with Crippen LogP contribution in [-0.4, -0.2) is 82.8 Å². The molecular weight excluding hydrogens is 628 g/mol. The average molecular weight is 673 g/mol. The number of carbonyl (C=O) groups is 5. The summed E-state index contributed by atoms with van der Waals surface area (Å²) < 4.78 is 34.4. The van der Waals surface area contributed by atoms with E-state index in [4.69, 9.17) is 28.1 Å². The molecule has 1 aromatic heterocycles. The molecule has 2 saturated carbocycles. The topological polar surface area (TPSA) is 185 Å². The zero-order valence-corrected chi connectivity index (χ0v) is 28.0. The lowest BCUT2D eigenvalue weighted by atomic mass is 9.47. The highest BCUT2D eigenvalue weighted by molar-refractivity contribution is 5.83. The van der Waals surface area contributed by atoms with Crippen LogP contribution in [0.1, 0.15) is 72.3 Å². The molecule has 2 aliphatic heterocycles. The summed E-state index contributed by atoms with van der Waals surface area (Å²) in [6, 6.07) is 1.67. The fourth-order valence-corrected chi connectivity index (χ4v) is 8.93. The number of allylic oxidation sites excluding steroid dienone is 1. The Morgan fingerprint density at radius 3 is 2.52 bits per heavy atom. The summed E-state index contributed by atoms with van der Waals surface area (Å²) in [4.78, 5) is 64.4. The highest BCUT2D eigenvalue weighted by atomic mass is 16.6. The minimum absolute atomic E-state index is 0.0231. The summed E-state index contributed by atoms with van der Waals surface area (Å²) in [5.74, 6) is -6.21. The van der Waals surface area contributed by atoms with Gasteiger partial charge in [0, 0.05) is 36.2 Å². The summed E-state index contributed by atoms with van der Waals surface area (Å²) in [5.41, 5.74) is -5.87. The number of cyclic esters (lactones) is 1. The van der Waals surface area contributed by atoms with E-state index < -0.39 is 94.0 Å². The minimum Gasteiger partial charge on any atom is -0.472 e. The van der Waals surface area contributed by atoms with Crippen molar-refractivity contribution in [2.75, 3.05) is 6.61 Å². The predicted octanol–water partition coefficient (Wildman–Crippen LogP) is 2.92. The van der Waals surface area contributed by atoms with Crippen LogP contribution in [-0.2, 0) is 47.7 Å². The van der Waals surface area contributed by atoms with E-state index in [0.29, 0.717) is 12.0 Å². The lowest BCUT2D eigenvalue weighted by Crippen LogP contribution is -2.71. The fourth-order valence-electron chi connectivity index (χ4n) is 8.93. The van der Waals surface area contributed by atoms with E-state index in [1.807, 2.05) is 0 Å². The molecular formula is C35H44O13. The Bertz CT molecular complexity index is 1500. The Kier molecular flexibility index (Phi) is 9.19. The third kappa shape index (κ3) is 5.26. The number of esters is 4. The maximum Gasteiger partial charge on any atom is 0.335 e. The Balaban J connectivity index is 1.79. The molecule has 12 atom stereocenters. The third-order valence-corrected chi connectivity index (χ3v) is 11.6. The number of aliphatic hydroxyl groups excluding tert-OH is 1. The van der Waals surface area contributed by atoms with Gasteiger partial charge in [0.05, 0.1) is 24.4 Å². The first-order valence-electron chi connectivity index (χ1n) is 16.2. The first-order valence-corrected chi connectivity index (χ1v) is 16.2. The van der Waals surface area contributed by atoms with Gasteiger partial charge in [0.25, 0.3) is 6.47 Å². The molecule has 1 saturated heterocycles. The van der Waals surface area contributed by atoms with Crippen LogP contribution in [0.2, 0.25) is 0 Å². The molecule has 0 bridgehead atoms. The lowest BCUT2D eigenvalue weighted by Gasteiger charge is -2.61. The van der Waals surface area contributed by atoms with Gasteiger partial charge < -0.3 is 38.3 Å². The van der Waals surface area contributed by atoms with Crippen LogP contribution in [0.3, 0.4) is 0 Å². The van der Waals surface area contributed by atoms with E-state index in [9.17, 15) is 34.2 Å². The van der Waals surface area contributed by atoms with Crippen molar-refractivity contribution >= 4 is 30.3 Å². The van der Waals surface area contributed by atoms with Crippen molar-refractivity contribution < 1.29 is 62.3 Å². The van der Waals surface area contributed by atoms with E-state index in [2.05, 4.69) is 6.58 Å². The molecule has 0 amide bonds. The summed E-state index contributed by atoms with van der Waals surface area (Å²) in [7, 11) is 0. The molecule has 0 aromatic carbocycles. The Morgan fingerprint density at radius 2 is 1.92 bits per heavy atom. The first kappa shape index (κ1) is 35.3. The van der Waals surface area contributed by atoms with Crippen molar-refractivity contribution in [3.8, 4) is 0 Å². The summed E-state index contributed by atoms with van der Waals surface area (Å²) in [6.07, 6.45) is 0.145. The standard InChI is InChI=1S/C35H44O13/c1-8-18(2)28(40)31(41)47-30-29(45-17-36)27(32(5)11-9-25(38)48-33(6)16-44-26(39)14-23(32)33)19(3)35(42)24(46-20(4)37)13-22(34(30,35)7)21-10-12-43-15-21/h9-12,15,17-18,22-24,27-30,40,42H,3,8,13-14,16H2,1-2,4-7H3/t18-,22+,23-,24-,27+,28-,29+,30+,32-,33-,34+,35+/m1/s1. The molecule has 5 rings (SSSR count). The van der Waals surface area contributed by atoms with Gasteiger partial charge in [-0.2, -0.15) is 0 Å². The van der Waals surface area contributed by atoms with Gasteiger partial charge in [-0.1, -0.05) is 46.8 Å². The third-order valence-electron chi connectivity index (χ3n) is 11.6. The number of carbonyl (C=O) groups excluding carboxylic acids is 5. The largest absolute Gasteiger partial charge is 0.472 e. The SMILES string of the molecule is C=C1[C@H]([C@]2(C)C=CC(=O)O[C@]3(C)COC(=O)C[C@H]23)[C@H](OC=O)[C@H](OC(=O)[C@H](O)[C@H](C)CC)[C@]2(C)[C@H](c3ccoc3)C[C@@H](OC(C)=O)[C@@]12O. The van der Waals surface area contributed by atoms with Crippen molar-refractivity contribution in [2.45, 2.75) is 102 Å². The molecule has 3 fully saturated rings. The second kappa shape index (κ2) is 12.5. The fraction of sp³-hybridized carbons (Fsp3) is 0.629. The molecule has 48 heavy (non-hydrogen) atoms. The predicted molar refractivity (Wildman–Crippen MR) is 164 cm³/mol. The second-order valence-corrected chi connectivity index (χ2v) is 14.2. The molecule has 0 unspecified atom stereocenters. The maximum atomic E-state index is 13.7. The highest BCUT2D eigenvalue weighted by Gasteiger charge is 2.77. The molecule has 1 aromatic rings. The Labute approximate surface area is 278 Å². The zero-order valence-electron chi connectivity index (χ0n) is 28.0. The van der Waals surface area contributed by atoms with Crippen molar-refractivity contribution in [3.63, 3.8) is 0 Å². The van der Waals surface area contributed by atoms with E-state index in [1.165, 1.54) is 31.6 Å². The smallest absolute Gasteiger partial charge is 0.335 e. The number of hydrogen-bond acceptors (Lipinski definition) is 13. The lowest BCUT2D eigenvalue weighted by molar-refractivity contribution is -0.243. The normalized spacial score (nSPS) is 40.3. The van der Waals surface area contributed by atoms with Crippen LogP contribution in [0.4, 0.5) is 0 Å². The van der Waals surface area contributed by atoms with Crippen LogP contribution in [0.25, 0.3) is 0 Å². The molecule has 262 valence electrons. The number of fused-ring (bicyclic) bond motifs is 2. The monoisotopic (exact) mass is 672 g/mol. The van der Waals surface area contributed by atoms with Crippen LogP contribution in [0.5, 0.6) is 0 Å². The van der Waals surface area contributed by atoms with Gasteiger partial charge in [-0.3, -0.25) is 14.4 Å². The van der Waals surface area contributed by atoms with Gasteiger partial charge in [-0.15, -0.1) is 0 Å². The zero-order chi connectivity index (χ0) is 35.4. The molecule has 3 heterocycles. The van der Waals surface area contributed by atoms with Crippen molar-refractivity contribution in [1.82, 2.24) is 0 Å². The van der Waals surface area contributed by atoms with Gasteiger partial charge in [-0.25, -0.2) is 9.59 Å². The molecule has 4 aliphatic rings. The van der Waals surface area contributed by atoms with Crippen LogP contribution >= 0.6 is 0 Å². The number of ether oxygens (including phenoxy) is 5. The maximum absolute atomic E-state index is 13.7. The molecule has 0 spiro atoms. The van der Waals surface area contributed by atoms with E-state index in [1.54, 1.807) is 40.7 Å². The first-order chi connectivity index (χ1) is 22.5. The minimum atomic E-state index is -2.17. The highest BCUT2D eigenvalue weighted by Crippen LogP contribution is 2.69. The van der Waals surface area contributed by atoms with E-state index in [-0.39, 0.29) is 31.5 Å². The van der Waals surface area contributed by atoms with Crippen LogP contribution < -0.4 is 0 Å². The van der Waals surface area contributed by atoms with Crippen molar-refractivity contribution in [2.24, 2.45) is 28.6 Å². The van der Waals surface area contributed by atoms with Crippen molar-refractivity contribution in [1.29, 1.82) is 0 Å². The number of aliphatic hydroxyl groups is 2. The summed E-state index contributed by atoms with van der Waals surface area (Å²) in [6.45, 7) is 13.9. The van der Waals surface area contributed by atoms with Crippen LogP contribution in [0, 0.1) is 28.6 Å². The molecule has 2 aliphatic carbocycles. The Hall–Kier alpha value is -3.97. The molecule has 13 heteroatoms. The summed E-state index contributed by atoms with van der Waals surface area (Å²) in [5, 5.41) is 24.2.